The van der Waals surface area contributed by atoms with Crippen molar-refractivity contribution >= 4 is 29.3 Å². The van der Waals surface area contributed by atoms with Gasteiger partial charge in [-0.1, -0.05) is 11.8 Å². The number of nitrogens with one attached hydrogen (secondary N) is 1. The normalized spacial score (nSPS) is 10.3. The van der Waals surface area contributed by atoms with Gasteiger partial charge in [-0.25, -0.2) is 4.98 Å². The lowest BCUT2D eigenvalue weighted by Gasteiger charge is -2.11. The molecule has 116 valence electrons. The molecular weight excluding hydrogens is 300 g/mol. The molecule has 6 nitrogen and oxygen atoms in total. The highest BCUT2D eigenvalue weighted by molar-refractivity contribution is 7.99. The van der Waals surface area contributed by atoms with Crippen LogP contribution in [0.4, 0.5) is 5.69 Å². The zero-order chi connectivity index (χ0) is 16.1. The van der Waals surface area contributed by atoms with Crippen LogP contribution in [0.25, 0.3) is 0 Å². The molecule has 1 heterocycles. The summed E-state index contributed by atoms with van der Waals surface area (Å²) in [6.07, 6.45) is 3.53. The van der Waals surface area contributed by atoms with E-state index in [1.165, 1.54) is 16.7 Å². The summed E-state index contributed by atoms with van der Waals surface area (Å²) in [5.41, 5.74) is 1.26. The Balaban J connectivity index is 1.89. The maximum atomic E-state index is 11.9. The summed E-state index contributed by atoms with van der Waals surface area (Å²) in [4.78, 5) is 29.3. The molecule has 0 bridgehead atoms. The van der Waals surface area contributed by atoms with Gasteiger partial charge in [-0.3, -0.25) is 9.59 Å². The molecule has 2 rings (SSSR count). The van der Waals surface area contributed by atoms with E-state index >= 15 is 0 Å². The predicted molar refractivity (Wildman–Crippen MR) is 87.0 cm³/mol. The molecule has 0 aliphatic heterocycles. The number of carbonyl (C=O) groups is 2. The SMILES string of the molecule is CN(C)C(=O)c1ccc(NC(=O)CSc2nccn2C)cc1. The van der Waals surface area contributed by atoms with Crippen molar-refractivity contribution < 1.29 is 9.59 Å². The zero-order valence-corrected chi connectivity index (χ0v) is 13.6. The Morgan fingerprint density at radius 2 is 1.95 bits per heavy atom. The first-order chi connectivity index (χ1) is 10.5. The fraction of sp³-hybridized carbons (Fsp3) is 0.267. The molecule has 2 aromatic rings. The van der Waals surface area contributed by atoms with Crippen molar-refractivity contribution in [2.45, 2.75) is 5.16 Å². The van der Waals surface area contributed by atoms with E-state index in [2.05, 4.69) is 10.3 Å². The lowest BCUT2D eigenvalue weighted by molar-refractivity contribution is -0.113. The van der Waals surface area contributed by atoms with Gasteiger partial charge >= 0.3 is 0 Å². The number of hydrogen-bond acceptors (Lipinski definition) is 4. The van der Waals surface area contributed by atoms with Crippen molar-refractivity contribution in [1.82, 2.24) is 14.5 Å². The first kappa shape index (κ1) is 16.1. The molecule has 1 aromatic carbocycles. The van der Waals surface area contributed by atoms with E-state index in [-0.39, 0.29) is 17.6 Å². The topological polar surface area (TPSA) is 67.2 Å². The largest absolute Gasteiger partial charge is 0.345 e. The predicted octanol–water partition coefficient (Wildman–Crippen LogP) is 1.85. The Morgan fingerprint density at radius 1 is 1.27 bits per heavy atom. The molecular formula is C15H18N4O2S. The van der Waals surface area contributed by atoms with Gasteiger partial charge in [0.25, 0.3) is 5.91 Å². The van der Waals surface area contributed by atoms with Gasteiger partial charge in [0.2, 0.25) is 5.91 Å². The van der Waals surface area contributed by atoms with Crippen LogP contribution < -0.4 is 5.32 Å². The van der Waals surface area contributed by atoms with Crippen LogP contribution in [0.2, 0.25) is 0 Å². The molecule has 0 saturated heterocycles. The standard InChI is InChI=1S/C15H18N4O2S/c1-18(2)14(21)11-4-6-12(7-5-11)17-13(20)10-22-15-16-8-9-19(15)3/h4-9H,10H2,1-3H3,(H,17,20). The second kappa shape index (κ2) is 7.13. The minimum atomic E-state index is -0.111. The fourth-order valence-electron chi connectivity index (χ4n) is 1.77. The first-order valence-corrected chi connectivity index (χ1v) is 7.67. The summed E-state index contributed by atoms with van der Waals surface area (Å²) in [7, 11) is 5.29. The van der Waals surface area contributed by atoms with Crippen molar-refractivity contribution in [1.29, 1.82) is 0 Å². The van der Waals surface area contributed by atoms with Gasteiger partial charge in [-0.05, 0) is 24.3 Å². The lowest BCUT2D eigenvalue weighted by Crippen LogP contribution is -2.21. The average Bonchev–Trinajstić information content (AvgIpc) is 2.90. The van der Waals surface area contributed by atoms with E-state index in [1.54, 1.807) is 44.6 Å². The molecule has 2 amide bonds. The number of imidazole rings is 1. The molecule has 22 heavy (non-hydrogen) atoms. The van der Waals surface area contributed by atoms with Gasteiger partial charge in [0.15, 0.2) is 5.16 Å². The van der Waals surface area contributed by atoms with E-state index in [0.29, 0.717) is 11.3 Å². The molecule has 0 saturated carbocycles. The summed E-state index contributed by atoms with van der Waals surface area (Å²) >= 11 is 1.37. The number of thioether (sulfide) groups is 1. The first-order valence-electron chi connectivity index (χ1n) is 6.69. The third-order valence-electron chi connectivity index (χ3n) is 2.93. The molecule has 1 aromatic heterocycles. The van der Waals surface area contributed by atoms with Crippen LogP contribution in [0.1, 0.15) is 10.4 Å². The smallest absolute Gasteiger partial charge is 0.253 e. The van der Waals surface area contributed by atoms with Gasteiger partial charge in [0.05, 0.1) is 5.75 Å². The zero-order valence-electron chi connectivity index (χ0n) is 12.7. The molecule has 7 heteroatoms. The number of aromatic nitrogens is 2. The van der Waals surface area contributed by atoms with Gasteiger partial charge in [-0.15, -0.1) is 0 Å². The molecule has 1 N–H and O–H groups in total. The molecule has 0 atom stereocenters. The lowest BCUT2D eigenvalue weighted by atomic mass is 10.2. The molecule has 0 radical (unpaired) electrons. The molecule has 0 fully saturated rings. The average molecular weight is 318 g/mol. The van der Waals surface area contributed by atoms with Gasteiger partial charge < -0.3 is 14.8 Å². The van der Waals surface area contributed by atoms with Crippen LogP contribution in [0.15, 0.2) is 41.8 Å². The molecule has 0 aliphatic carbocycles. The fourth-order valence-corrected chi connectivity index (χ4v) is 2.50. The molecule has 0 aliphatic rings. The molecule has 0 spiro atoms. The Kier molecular flexibility index (Phi) is 5.21. The highest BCUT2D eigenvalue weighted by Gasteiger charge is 2.09. The van der Waals surface area contributed by atoms with Gasteiger partial charge in [-0.2, -0.15) is 0 Å². The van der Waals surface area contributed by atoms with E-state index in [0.717, 1.165) is 5.16 Å². The van der Waals surface area contributed by atoms with Gasteiger partial charge in [0.1, 0.15) is 0 Å². The van der Waals surface area contributed by atoms with E-state index < -0.39 is 0 Å². The number of benzene rings is 1. The molecule has 0 unspecified atom stereocenters. The minimum Gasteiger partial charge on any atom is -0.345 e. The summed E-state index contributed by atoms with van der Waals surface area (Å²) in [6, 6.07) is 6.84. The Morgan fingerprint density at radius 3 is 2.50 bits per heavy atom. The van der Waals surface area contributed by atoms with Crippen LogP contribution in [0.5, 0.6) is 0 Å². The van der Waals surface area contributed by atoms with E-state index in [4.69, 9.17) is 0 Å². The number of rotatable bonds is 5. The van der Waals surface area contributed by atoms with Gasteiger partial charge in [0, 0.05) is 44.8 Å². The maximum absolute atomic E-state index is 11.9. The maximum Gasteiger partial charge on any atom is 0.253 e. The Hall–Kier alpha value is -2.28. The van der Waals surface area contributed by atoms with E-state index in [9.17, 15) is 9.59 Å². The highest BCUT2D eigenvalue weighted by atomic mass is 32.2. The van der Waals surface area contributed by atoms with Crippen molar-refractivity contribution in [2.75, 3.05) is 25.2 Å². The van der Waals surface area contributed by atoms with Crippen molar-refractivity contribution in [3.63, 3.8) is 0 Å². The number of carbonyl (C=O) groups excluding carboxylic acids is 2. The van der Waals surface area contributed by atoms with Crippen molar-refractivity contribution in [2.24, 2.45) is 7.05 Å². The number of amides is 2. The minimum absolute atomic E-state index is 0.0665. The summed E-state index contributed by atoms with van der Waals surface area (Å²) in [6.45, 7) is 0. The number of nitrogens with zero attached hydrogens (tertiary/aromatic N) is 3. The second-order valence-electron chi connectivity index (χ2n) is 4.93. The van der Waals surface area contributed by atoms with Crippen LogP contribution in [-0.4, -0.2) is 46.1 Å². The third-order valence-corrected chi connectivity index (χ3v) is 3.99. The summed E-state index contributed by atoms with van der Waals surface area (Å²) in [5.74, 6) is 0.103. The highest BCUT2D eigenvalue weighted by Crippen LogP contribution is 2.16. The number of hydrogen-bond donors (Lipinski definition) is 1. The van der Waals surface area contributed by atoms with Crippen LogP contribution in [0, 0.1) is 0 Å². The quantitative estimate of drug-likeness (QED) is 0.855. The monoisotopic (exact) mass is 318 g/mol. The number of aryl methyl sites for hydroxylation is 1. The van der Waals surface area contributed by atoms with E-state index in [1.807, 2.05) is 17.8 Å². The van der Waals surface area contributed by atoms with Crippen molar-refractivity contribution in [3.05, 3.63) is 42.2 Å². The Bertz CT molecular complexity index is 664. The van der Waals surface area contributed by atoms with Crippen LogP contribution in [0.3, 0.4) is 0 Å². The van der Waals surface area contributed by atoms with Crippen LogP contribution in [-0.2, 0) is 11.8 Å². The van der Waals surface area contributed by atoms with Crippen molar-refractivity contribution in [3.8, 4) is 0 Å². The summed E-state index contributed by atoms with van der Waals surface area (Å²) < 4.78 is 1.86. The third kappa shape index (κ3) is 4.11. The number of anilines is 1. The second-order valence-corrected chi connectivity index (χ2v) is 5.88. The van der Waals surface area contributed by atoms with Crippen LogP contribution >= 0.6 is 11.8 Å². The summed E-state index contributed by atoms with van der Waals surface area (Å²) in [5, 5.41) is 3.59. The Labute approximate surface area is 133 Å².